The average molecular weight is 326 g/mol. The van der Waals surface area contributed by atoms with Gasteiger partial charge in [0.05, 0.1) is 7.11 Å². The molecule has 8 nitrogen and oxygen atoms in total. The van der Waals surface area contributed by atoms with E-state index in [1.807, 2.05) is 0 Å². The van der Waals surface area contributed by atoms with Gasteiger partial charge in [0, 0.05) is 25.1 Å². The quantitative estimate of drug-likeness (QED) is 0.733. The van der Waals surface area contributed by atoms with Gasteiger partial charge in [0.1, 0.15) is 17.0 Å². The predicted octanol–water partition coefficient (Wildman–Crippen LogP) is 1.37. The van der Waals surface area contributed by atoms with Crippen molar-refractivity contribution in [3.05, 3.63) is 59.7 Å². The summed E-state index contributed by atoms with van der Waals surface area (Å²) >= 11 is 0. The van der Waals surface area contributed by atoms with E-state index in [0.717, 1.165) is 0 Å². The fraction of sp³-hybridized carbons (Fsp3) is 0.125. The summed E-state index contributed by atoms with van der Waals surface area (Å²) in [6, 6.07) is 6.45. The molecule has 3 aromatic rings. The van der Waals surface area contributed by atoms with Crippen LogP contribution in [0.25, 0.3) is 5.78 Å². The third kappa shape index (κ3) is 3.02. The van der Waals surface area contributed by atoms with Crippen LogP contribution in [0.5, 0.6) is 5.75 Å². The summed E-state index contributed by atoms with van der Waals surface area (Å²) in [5.41, 5.74) is 0.922. The van der Waals surface area contributed by atoms with Crippen LogP contribution in [0, 0.1) is 0 Å². The number of methoxy groups -OCH3 is 1. The van der Waals surface area contributed by atoms with Crippen molar-refractivity contribution in [3.8, 4) is 5.75 Å². The predicted molar refractivity (Wildman–Crippen MR) is 84.1 cm³/mol. The Morgan fingerprint density at radius 3 is 2.92 bits per heavy atom. The van der Waals surface area contributed by atoms with Crippen molar-refractivity contribution in [1.29, 1.82) is 0 Å². The normalized spacial score (nSPS) is 10.5. The van der Waals surface area contributed by atoms with E-state index >= 15 is 0 Å². The summed E-state index contributed by atoms with van der Waals surface area (Å²) in [6.45, 7) is 0.171. The van der Waals surface area contributed by atoms with Gasteiger partial charge in [-0.2, -0.15) is 0 Å². The van der Waals surface area contributed by atoms with Crippen molar-refractivity contribution >= 4 is 17.7 Å². The highest BCUT2D eigenvalue weighted by atomic mass is 16.5. The van der Waals surface area contributed by atoms with E-state index in [1.165, 1.54) is 13.2 Å². The number of benzene rings is 1. The lowest BCUT2D eigenvalue weighted by atomic mass is 10.1. The van der Waals surface area contributed by atoms with Crippen LogP contribution in [0.1, 0.15) is 26.4 Å². The number of aromatic nitrogens is 3. The zero-order valence-electron chi connectivity index (χ0n) is 12.8. The van der Waals surface area contributed by atoms with Crippen LogP contribution in [0.2, 0.25) is 0 Å². The zero-order chi connectivity index (χ0) is 17.1. The van der Waals surface area contributed by atoms with Crippen LogP contribution in [-0.4, -0.2) is 38.5 Å². The Morgan fingerprint density at radius 2 is 2.21 bits per heavy atom. The van der Waals surface area contributed by atoms with Gasteiger partial charge in [-0.15, -0.1) is 0 Å². The van der Waals surface area contributed by atoms with Crippen LogP contribution in [-0.2, 0) is 6.54 Å². The van der Waals surface area contributed by atoms with Crippen LogP contribution < -0.4 is 10.1 Å². The number of hydrogen-bond acceptors (Lipinski definition) is 5. The highest BCUT2D eigenvalue weighted by molar-refractivity contribution is 5.93. The lowest BCUT2D eigenvalue weighted by Crippen LogP contribution is -2.23. The maximum absolute atomic E-state index is 12.2. The van der Waals surface area contributed by atoms with E-state index in [4.69, 9.17) is 4.74 Å². The van der Waals surface area contributed by atoms with Gasteiger partial charge in [0.15, 0.2) is 0 Å². The number of carboxylic acids is 1. The number of carbonyl (C=O) groups excluding carboxylic acids is 1. The Bertz CT molecular complexity index is 886. The van der Waals surface area contributed by atoms with Gasteiger partial charge in [-0.3, -0.25) is 9.20 Å². The van der Waals surface area contributed by atoms with E-state index in [1.54, 1.807) is 41.2 Å². The maximum atomic E-state index is 12.2. The molecule has 0 saturated carbocycles. The second-order valence-corrected chi connectivity index (χ2v) is 4.98. The number of fused-ring (bicyclic) bond motifs is 1. The smallest absolute Gasteiger partial charge is 0.339 e. The molecule has 0 atom stereocenters. The van der Waals surface area contributed by atoms with Crippen molar-refractivity contribution in [2.45, 2.75) is 6.54 Å². The van der Waals surface area contributed by atoms with Crippen LogP contribution in [0.4, 0.5) is 0 Å². The van der Waals surface area contributed by atoms with Gasteiger partial charge in [0.25, 0.3) is 5.91 Å². The van der Waals surface area contributed by atoms with Crippen molar-refractivity contribution in [3.63, 3.8) is 0 Å². The molecule has 0 aliphatic heterocycles. The SMILES string of the molecule is COc1ccc(CNC(=O)c2cn3cccnc3n2)cc1C(=O)O. The fourth-order valence-corrected chi connectivity index (χ4v) is 2.24. The summed E-state index contributed by atoms with van der Waals surface area (Å²) in [7, 11) is 1.40. The van der Waals surface area contributed by atoms with Crippen molar-refractivity contribution < 1.29 is 19.4 Å². The van der Waals surface area contributed by atoms with E-state index < -0.39 is 5.97 Å². The fourth-order valence-electron chi connectivity index (χ4n) is 2.24. The molecule has 0 saturated heterocycles. The van der Waals surface area contributed by atoms with Gasteiger partial charge >= 0.3 is 5.97 Å². The first-order chi connectivity index (χ1) is 11.6. The molecular weight excluding hydrogens is 312 g/mol. The molecule has 24 heavy (non-hydrogen) atoms. The van der Waals surface area contributed by atoms with Gasteiger partial charge in [0.2, 0.25) is 5.78 Å². The third-order valence-corrected chi connectivity index (χ3v) is 3.42. The minimum Gasteiger partial charge on any atom is -0.496 e. The van der Waals surface area contributed by atoms with E-state index in [2.05, 4.69) is 15.3 Å². The van der Waals surface area contributed by atoms with Gasteiger partial charge in [-0.25, -0.2) is 14.8 Å². The number of carbonyl (C=O) groups is 2. The lowest BCUT2D eigenvalue weighted by molar-refractivity contribution is 0.0693. The largest absolute Gasteiger partial charge is 0.496 e. The van der Waals surface area contributed by atoms with Crippen molar-refractivity contribution in [1.82, 2.24) is 19.7 Å². The summed E-state index contributed by atoms with van der Waals surface area (Å²) < 4.78 is 6.65. The van der Waals surface area contributed by atoms with E-state index in [9.17, 15) is 14.7 Å². The number of rotatable bonds is 5. The zero-order valence-corrected chi connectivity index (χ0v) is 12.8. The van der Waals surface area contributed by atoms with E-state index in [0.29, 0.717) is 11.3 Å². The highest BCUT2D eigenvalue weighted by Gasteiger charge is 2.14. The molecule has 0 aliphatic rings. The Labute approximate surface area is 136 Å². The average Bonchev–Trinajstić information content (AvgIpc) is 3.03. The molecule has 0 spiro atoms. The monoisotopic (exact) mass is 326 g/mol. The second kappa shape index (κ2) is 6.37. The summed E-state index contributed by atoms with van der Waals surface area (Å²) in [6.07, 6.45) is 4.91. The summed E-state index contributed by atoms with van der Waals surface area (Å²) in [5.74, 6) is -0.760. The van der Waals surface area contributed by atoms with E-state index in [-0.39, 0.29) is 29.5 Å². The number of imidazole rings is 1. The number of hydrogen-bond donors (Lipinski definition) is 2. The Kier molecular flexibility index (Phi) is 4.11. The molecule has 1 aromatic carbocycles. The number of ether oxygens (including phenoxy) is 1. The third-order valence-electron chi connectivity index (χ3n) is 3.42. The van der Waals surface area contributed by atoms with Gasteiger partial charge in [-0.1, -0.05) is 6.07 Å². The Hall–Kier alpha value is -3.42. The Balaban J connectivity index is 1.74. The molecule has 1 amide bonds. The molecule has 0 bridgehead atoms. The first-order valence-corrected chi connectivity index (χ1v) is 7.06. The minimum atomic E-state index is -1.09. The molecule has 0 unspecified atom stereocenters. The molecule has 0 aliphatic carbocycles. The number of carboxylic acid groups (broad SMARTS) is 1. The first-order valence-electron chi connectivity index (χ1n) is 7.06. The number of nitrogens with zero attached hydrogens (tertiary/aromatic N) is 3. The van der Waals surface area contributed by atoms with Crippen molar-refractivity contribution in [2.24, 2.45) is 0 Å². The standard InChI is InChI=1S/C16H14N4O4/c1-24-13-4-3-10(7-11(13)15(22)23)8-18-14(21)12-9-20-6-2-5-17-16(20)19-12/h2-7,9H,8H2,1H3,(H,18,21)(H,22,23). The molecular formula is C16H14N4O4. The van der Waals surface area contributed by atoms with Gasteiger partial charge < -0.3 is 15.2 Å². The molecule has 0 fully saturated rings. The highest BCUT2D eigenvalue weighted by Crippen LogP contribution is 2.19. The summed E-state index contributed by atoms with van der Waals surface area (Å²) in [4.78, 5) is 31.5. The number of aromatic carboxylic acids is 1. The molecule has 2 aromatic heterocycles. The Morgan fingerprint density at radius 1 is 1.38 bits per heavy atom. The van der Waals surface area contributed by atoms with Crippen LogP contribution >= 0.6 is 0 Å². The first kappa shape index (κ1) is 15.5. The van der Waals surface area contributed by atoms with Crippen molar-refractivity contribution in [2.75, 3.05) is 7.11 Å². The maximum Gasteiger partial charge on any atom is 0.339 e. The lowest BCUT2D eigenvalue weighted by Gasteiger charge is -2.08. The molecule has 2 N–H and O–H groups in total. The second-order valence-electron chi connectivity index (χ2n) is 4.98. The molecule has 8 heteroatoms. The molecule has 2 heterocycles. The molecule has 122 valence electrons. The topological polar surface area (TPSA) is 106 Å². The molecule has 0 radical (unpaired) electrons. The number of amides is 1. The molecule has 3 rings (SSSR count). The number of nitrogens with one attached hydrogen (secondary N) is 1. The van der Waals surface area contributed by atoms with Crippen LogP contribution in [0.15, 0.2) is 42.9 Å². The minimum absolute atomic E-state index is 0.0428. The summed E-state index contributed by atoms with van der Waals surface area (Å²) in [5, 5.41) is 11.9. The van der Waals surface area contributed by atoms with Crippen LogP contribution in [0.3, 0.4) is 0 Å². The van der Waals surface area contributed by atoms with Gasteiger partial charge in [-0.05, 0) is 23.8 Å².